The monoisotopic (exact) mass is 318 g/mol. The Kier molecular flexibility index (Phi) is 6.46. The smallest absolute Gasteiger partial charge is 0.218 e. The molecule has 0 bridgehead atoms. The average Bonchev–Trinajstić information content (AvgIpc) is 2.32. The molecule has 1 rings (SSSR count). The van der Waals surface area contributed by atoms with E-state index in [-0.39, 0.29) is 18.0 Å². The van der Waals surface area contributed by atoms with E-state index in [1.165, 1.54) is 12.1 Å². The summed E-state index contributed by atoms with van der Waals surface area (Å²) in [6.07, 6.45) is -0.706. The number of rotatable bonds is 7. The molecule has 0 atom stereocenters. The molecular formula is C13H16BrFO3. The number of hydrogen-bond acceptors (Lipinski definition) is 3. The third kappa shape index (κ3) is 4.48. The average molecular weight is 319 g/mol. The van der Waals surface area contributed by atoms with E-state index in [1.807, 2.05) is 0 Å². The number of ether oxygens (including phenoxy) is 2. The molecule has 0 saturated heterocycles. The maximum atomic E-state index is 12.9. The van der Waals surface area contributed by atoms with Crippen molar-refractivity contribution in [3.05, 3.63) is 34.1 Å². The Bertz CT molecular complexity index is 403. The molecule has 100 valence electrons. The molecular weight excluding hydrogens is 303 g/mol. The van der Waals surface area contributed by atoms with Crippen LogP contribution in [0.15, 0.2) is 22.7 Å². The van der Waals surface area contributed by atoms with Gasteiger partial charge < -0.3 is 9.47 Å². The second kappa shape index (κ2) is 7.61. The maximum Gasteiger partial charge on any atom is 0.218 e. The van der Waals surface area contributed by atoms with Gasteiger partial charge in [0.25, 0.3) is 0 Å². The van der Waals surface area contributed by atoms with Crippen LogP contribution in [-0.2, 0) is 20.7 Å². The molecule has 1 aromatic rings. The summed E-state index contributed by atoms with van der Waals surface area (Å²) in [7, 11) is 0. The highest BCUT2D eigenvalue weighted by Crippen LogP contribution is 2.19. The summed E-state index contributed by atoms with van der Waals surface area (Å²) in [4.78, 5) is 12.0. The van der Waals surface area contributed by atoms with E-state index < -0.39 is 6.29 Å². The van der Waals surface area contributed by atoms with E-state index in [0.717, 1.165) is 0 Å². The van der Waals surface area contributed by atoms with Crippen molar-refractivity contribution in [2.24, 2.45) is 0 Å². The lowest BCUT2D eigenvalue weighted by Gasteiger charge is -2.15. The molecule has 0 fully saturated rings. The Labute approximate surface area is 114 Å². The SMILES string of the molecule is CCOC(OCC)C(=O)Cc1ccc(F)cc1Br. The van der Waals surface area contributed by atoms with Crippen molar-refractivity contribution < 1.29 is 18.7 Å². The van der Waals surface area contributed by atoms with Crippen LogP contribution in [-0.4, -0.2) is 25.3 Å². The van der Waals surface area contributed by atoms with Gasteiger partial charge in [-0.1, -0.05) is 22.0 Å². The molecule has 1 aromatic carbocycles. The maximum absolute atomic E-state index is 12.9. The Morgan fingerprint density at radius 1 is 1.33 bits per heavy atom. The molecule has 0 aliphatic heterocycles. The first-order chi connectivity index (χ1) is 8.58. The van der Waals surface area contributed by atoms with Gasteiger partial charge in [0, 0.05) is 24.1 Å². The summed E-state index contributed by atoms with van der Waals surface area (Å²) in [5, 5.41) is 0. The molecule has 0 aliphatic rings. The van der Waals surface area contributed by atoms with Crippen LogP contribution >= 0.6 is 15.9 Å². The molecule has 0 unspecified atom stereocenters. The molecule has 0 N–H and O–H groups in total. The van der Waals surface area contributed by atoms with Crippen LogP contribution in [0.25, 0.3) is 0 Å². The Morgan fingerprint density at radius 3 is 2.44 bits per heavy atom. The fourth-order valence-corrected chi connectivity index (χ4v) is 1.96. The normalized spacial score (nSPS) is 10.9. The van der Waals surface area contributed by atoms with E-state index >= 15 is 0 Å². The molecule has 0 spiro atoms. The van der Waals surface area contributed by atoms with Crippen LogP contribution in [0.4, 0.5) is 4.39 Å². The van der Waals surface area contributed by atoms with Crippen molar-refractivity contribution in [1.29, 1.82) is 0 Å². The minimum absolute atomic E-state index is 0.144. The zero-order valence-corrected chi connectivity index (χ0v) is 12.0. The van der Waals surface area contributed by atoms with Crippen molar-refractivity contribution in [3.8, 4) is 0 Å². The number of carbonyl (C=O) groups excluding carboxylic acids is 1. The summed E-state index contributed by atoms with van der Waals surface area (Å²) in [6.45, 7) is 4.40. The van der Waals surface area contributed by atoms with Crippen molar-refractivity contribution in [2.75, 3.05) is 13.2 Å². The van der Waals surface area contributed by atoms with E-state index in [9.17, 15) is 9.18 Å². The minimum atomic E-state index is -0.850. The largest absolute Gasteiger partial charge is 0.346 e. The highest BCUT2D eigenvalue weighted by atomic mass is 79.9. The zero-order chi connectivity index (χ0) is 13.5. The lowest BCUT2D eigenvalue weighted by atomic mass is 10.1. The van der Waals surface area contributed by atoms with E-state index in [2.05, 4.69) is 15.9 Å². The van der Waals surface area contributed by atoms with Crippen molar-refractivity contribution in [1.82, 2.24) is 0 Å². The van der Waals surface area contributed by atoms with Gasteiger partial charge in [0.15, 0.2) is 5.78 Å². The van der Waals surface area contributed by atoms with Crippen LogP contribution < -0.4 is 0 Å². The van der Waals surface area contributed by atoms with Gasteiger partial charge in [0.1, 0.15) is 5.82 Å². The first-order valence-electron chi connectivity index (χ1n) is 5.78. The van der Waals surface area contributed by atoms with Gasteiger partial charge in [0.05, 0.1) is 0 Å². The van der Waals surface area contributed by atoms with Crippen LogP contribution in [0.3, 0.4) is 0 Å². The van der Waals surface area contributed by atoms with Crippen molar-refractivity contribution in [3.63, 3.8) is 0 Å². The third-order valence-electron chi connectivity index (χ3n) is 2.28. The third-order valence-corrected chi connectivity index (χ3v) is 3.02. The summed E-state index contributed by atoms with van der Waals surface area (Å²) >= 11 is 3.23. The number of Topliss-reactive ketones (excluding diaryl/α,β-unsaturated/α-hetero) is 1. The lowest BCUT2D eigenvalue weighted by molar-refractivity contribution is -0.167. The number of benzene rings is 1. The van der Waals surface area contributed by atoms with Crippen LogP contribution in [0.2, 0.25) is 0 Å². The van der Waals surface area contributed by atoms with Crippen LogP contribution in [0.5, 0.6) is 0 Å². The molecule has 0 saturated carbocycles. The first-order valence-corrected chi connectivity index (χ1v) is 6.57. The summed E-state index contributed by atoms with van der Waals surface area (Å²) in [6, 6.07) is 4.23. The van der Waals surface area contributed by atoms with Gasteiger partial charge >= 0.3 is 0 Å². The first kappa shape index (κ1) is 15.3. The molecule has 0 heterocycles. The predicted octanol–water partition coefficient (Wildman–Crippen LogP) is 3.10. The Hall–Kier alpha value is -0.780. The molecule has 0 amide bonds. The van der Waals surface area contributed by atoms with Gasteiger partial charge in [0.2, 0.25) is 6.29 Å². The fourth-order valence-electron chi connectivity index (χ4n) is 1.47. The highest BCUT2D eigenvalue weighted by molar-refractivity contribution is 9.10. The van der Waals surface area contributed by atoms with E-state index in [1.54, 1.807) is 19.9 Å². The second-order valence-corrected chi connectivity index (χ2v) is 4.48. The van der Waals surface area contributed by atoms with Crippen molar-refractivity contribution in [2.45, 2.75) is 26.6 Å². The highest BCUT2D eigenvalue weighted by Gasteiger charge is 2.19. The quantitative estimate of drug-likeness (QED) is 0.725. The summed E-state index contributed by atoms with van der Waals surface area (Å²) in [5.74, 6) is -0.518. The molecule has 0 radical (unpaired) electrons. The Balaban J connectivity index is 2.72. The van der Waals surface area contributed by atoms with Gasteiger partial charge in [-0.3, -0.25) is 4.79 Å². The van der Waals surface area contributed by atoms with Crippen LogP contribution in [0.1, 0.15) is 19.4 Å². The van der Waals surface area contributed by atoms with E-state index in [0.29, 0.717) is 23.2 Å². The summed E-state index contributed by atoms with van der Waals surface area (Å²) in [5.41, 5.74) is 0.714. The topological polar surface area (TPSA) is 35.5 Å². The Morgan fingerprint density at radius 2 is 1.94 bits per heavy atom. The molecule has 3 nitrogen and oxygen atoms in total. The van der Waals surface area contributed by atoms with Crippen LogP contribution in [0, 0.1) is 5.82 Å². The summed E-state index contributed by atoms with van der Waals surface area (Å²) < 4.78 is 23.9. The fraction of sp³-hybridized carbons (Fsp3) is 0.462. The van der Waals surface area contributed by atoms with Crippen molar-refractivity contribution >= 4 is 21.7 Å². The number of ketones is 1. The second-order valence-electron chi connectivity index (χ2n) is 3.62. The molecule has 0 aliphatic carbocycles. The lowest BCUT2D eigenvalue weighted by Crippen LogP contribution is -2.29. The van der Waals surface area contributed by atoms with Gasteiger partial charge in [-0.25, -0.2) is 4.39 Å². The zero-order valence-electron chi connectivity index (χ0n) is 10.4. The van der Waals surface area contributed by atoms with E-state index in [4.69, 9.17) is 9.47 Å². The van der Waals surface area contributed by atoms with Gasteiger partial charge in [-0.05, 0) is 31.5 Å². The molecule has 0 aromatic heterocycles. The molecule has 5 heteroatoms. The predicted molar refractivity (Wildman–Crippen MR) is 69.9 cm³/mol. The number of carbonyl (C=O) groups is 1. The van der Waals surface area contributed by atoms with Gasteiger partial charge in [-0.2, -0.15) is 0 Å². The number of halogens is 2. The number of hydrogen-bond donors (Lipinski definition) is 0. The standard InChI is InChI=1S/C13H16BrFO3/c1-3-17-13(18-4-2)12(16)7-9-5-6-10(15)8-11(9)14/h5-6,8,13H,3-4,7H2,1-2H3. The van der Waals surface area contributed by atoms with Gasteiger partial charge in [-0.15, -0.1) is 0 Å². The molecule has 18 heavy (non-hydrogen) atoms. The minimum Gasteiger partial charge on any atom is -0.346 e.